The quantitative estimate of drug-likeness (QED) is 0.772. The molecule has 2 heterocycles. The minimum absolute atomic E-state index is 0.424. The molecule has 0 aliphatic carbocycles. The molecule has 0 fully saturated rings. The van der Waals surface area contributed by atoms with Crippen LogP contribution in [0.1, 0.15) is 5.56 Å². The van der Waals surface area contributed by atoms with Gasteiger partial charge >= 0.3 is 0 Å². The van der Waals surface area contributed by atoms with E-state index in [0.717, 1.165) is 10.9 Å². The lowest BCUT2D eigenvalue weighted by Gasteiger charge is -2.09. The van der Waals surface area contributed by atoms with E-state index in [4.69, 9.17) is 28.9 Å². The second-order valence-corrected chi connectivity index (χ2v) is 5.26. The van der Waals surface area contributed by atoms with Gasteiger partial charge in [-0.25, -0.2) is 15.0 Å². The van der Waals surface area contributed by atoms with E-state index in [9.17, 15) is 0 Å². The van der Waals surface area contributed by atoms with Gasteiger partial charge in [0, 0.05) is 16.6 Å². The third kappa shape index (κ3) is 2.99. The molecular weight excluding hydrogens is 309 g/mol. The normalized spacial score (nSPS) is 10.8. The Morgan fingerprint density at radius 3 is 2.76 bits per heavy atom. The minimum atomic E-state index is 0.424. The van der Waals surface area contributed by atoms with Gasteiger partial charge in [-0.3, -0.25) is 0 Å². The van der Waals surface area contributed by atoms with Crippen molar-refractivity contribution in [3.8, 4) is 0 Å². The first kappa shape index (κ1) is 13.9. The van der Waals surface area contributed by atoms with Gasteiger partial charge < -0.3 is 11.1 Å². The third-order valence-corrected chi connectivity index (χ3v) is 3.57. The summed E-state index contributed by atoms with van der Waals surface area (Å²) in [6.45, 7) is 0.520. The van der Waals surface area contributed by atoms with E-state index in [2.05, 4.69) is 20.3 Å². The predicted molar refractivity (Wildman–Crippen MR) is 85.5 cm³/mol. The Bertz CT molecular complexity index is 806. The first-order chi connectivity index (χ1) is 10.1. The van der Waals surface area contributed by atoms with Crippen molar-refractivity contribution in [3.63, 3.8) is 0 Å². The van der Waals surface area contributed by atoms with E-state index in [1.54, 1.807) is 18.2 Å². The smallest absolute Gasteiger partial charge is 0.166 e. The molecule has 0 bridgehead atoms. The number of nitrogens with two attached hydrogens (primary N) is 1. The summed E-state index contributed by atoms with van der Waals surface area (Å²) in [5.74, 6) is 1.10. The van der Waals surface area contributed by atoms with Gasteiger partial charge in [0.2, 0.25) is 0 Å². The monoisotopic (exact) mass is 319 g/mol. The summed E-state index contributed by atoms with van der Waals surface area (Å²) in [6, 6.07) is 8.93. The fourth-order valence-corrected chi connectivity index (χ4v) is 2.42. The topological polar surface area (TPSA) is 76.7 Å². The van der Waals surface area contributed by atoms with Crippen LogP contribution in [0.5, 0.6) is 0 Å². The number of nitrogen functional groups attached to an aromatic ring is 1. The van der Waals surface area contributed by atoms with Crippen molar-refractivity contribution in [1.29, 1.82) is 0 Å². The predicted octanol–water partition coefficient (Wildman–Crippen LogP) is 3.53. The van der Waals surface area contributed by atoms with Crippen LogP contribution in [-0.2, 0) is 6.54 Å². The number of nitrogens with zero attached hydrogens (tertiary/aromatic N) is 3. The Kier molecular flexibility index (Phi) is 3.77. The molecule has 1 aromatic carbocycles. The number of nitrogens with one attached hydrogen (secondary N) is 1. The van der Waals surface area contributed by atoms with Crippen molar-refractivity contribution in [1.82, 2.24) is 15.0 Å². The molecule has 0 unspecified atom stereocenters. The van der Waals surface area contributed by atoms with Gasteiger partial charge in [0.15, 0.2) is 5.65 Å². The maximum absolute atomic E-state index is 6.15. The van der Waals surface area contributed by atoms with Crippen LogP contribution in [0.15, 0.2) is 36.7 Å². The number of hydrogen-bond acceptors (Lipinski definition) is 5. The average molecular weight is 320 g/mol. The Hall–Kier alpha value is -2.11. The van der Waals surface area contributed by atoms with Crippen molar-refractivity contribution in [3.05, 3.63) is 52.3 Å². The highest BCUT2D eigenvalue weighted by Gasteiger charge is 2.06. The Balaban J connectivity index is 1.88. The summed E-state index contributed by atoms with van der Waals surface area (Å²) < 4.78 is 0. The second kappa shape index (κ2) is 5.71. The van der Waals surface area contributed by atoms with Crippen molar-refractivity contribution in [2.75, 3.05) is 11.1 Å². The summed E-state index contributed by atoms with van der Waals surface area (Å²) in [5.41, 5.74) is 7.13. The van der Waals surface area contributed by atoms with Crippen LogP contribution >= 0.6 is 23.2 Å². The molecule has 7 heteroatoms. The molecule has 106 valence electrons. The van der Waals surface area contributed by atoms with Gasteiger partial charge in [-0.15, -0.1) is 0 Å². The number of anilines is 2. The highest BCUT2D eigenvalue weighted by Crippen LogP contribution is 2.23. The number of fused-ring (bicyclic) bond motifs is 1. The fraction of sp³-hybridized carbons (Fsp3) is 0.0714. The van der Waals surface area contributed by atoms with Gasteiger partial charge in [-0.2, -0.15) is 0 Å². The summed E-state index contributed by atoms with van der Waals surface area (Å²) >= 11 is 12.0. The van der Waals surface area contributed by atoms with Gasteiger partial charge in [0.05, 0.1) is 5.39 Å². The van der Waals surface area contributed by atoms with Crippen LogP contribution < -0.4 is 11.1 Å². The largest absolute Gasteiger partial charge is 0.384 e. The minimum Gasteiger partial charge on any atom is -0.384 e. The number of aromatic nitrogens is 3. The standard InChI is InChI=1S/C14H11Cl2N5/c15-9-2-1-8(11(16)5-9)6-18-13-10-3-4-12(17)21-14(10)20-7-19-13/h1-5,7H,6H2,(H3,17,18,19,20,21). The Morgan fingerprint density at radius 1 is 1.10 bits per heavy atom. The molecule has 0 atom stereocenters. The molecule has 0 saturated carbocycles. The average Bonchev–Trinajstić information content (AvgIpc) is 2.46. The SMILES string of the molecule is Nc1ccc2c(NCc3ccc(Cl)cc3Cl)ncnc2n1. The lowest BCUT2D eigenvalue weighted by Crippen LogP contribution is -2.04. The Labute approximate surface area is 131 Å². The van der Waals surface area contributed by atoms with Crippen molar-refractivity contribution in [2.24, 2.45) is 0 Å². The van der Waals surface area contributed by atoms with Crippen molar-refractivity contribution in [2.45, 2.75) is 6.54 Å². The molecule has 3 N–H and O–H groups in total. The van der Waals surface area contributed by atoms with Gasteiger partial charge in [0.1, 0.15) is 18.0 Å². The number of benzene rings is 1. The number of hydrogen-bond donors (Lipinski definition) is 2. The van der Waals surface area contributed by atoms with E-state index in [0.29, 0.717) is 33.9 Å². The molecule has 0 aliphatic rings. The van der Waals surface area contributed by atoms with Crippen LogP contribution in [0.25, 0.3) is 11.0 Å². The highest BCUT2D eigenvalue weighted by atomic mass is 35.5. The van der Waals surface area contributed by atoms with E-state index in [1.165, 1.54) is 6.33 Å². The molecule has 0 radical (unpaired) electrons. The summed E-state index contributed by atoms with van der Waals surface area (Å²) in [5, 5.41) is 5.24. The van der Waals surface area contributed by atoms with E-state index in [-0.39, 0.29) is 0 Å². The lowest BCUT2D eigenvalue weighted by atomic mass is 10.2. The molecule has 3 aromatic rings. The summed E-state index contributed by atoms with van der Waals surface area (Å²) in [7, 11) is 0. The maximum Gasteiger partial charge on any atom is 0.166 e. The number of pyridine rings is 1. The molecule has 0 spiro atoms. The molecule has 0 amide bonds. The first-order valence-corrected chi connectivity index (χ1v) is 6.94. The van der Waals surface area contributed by atoms with E-state index < -0.39 is 0 Å². The van der Waals surface area contributed by atoms with Crippen LogP contribution in [0.2, 0.25) is 10.0 Å². The lowest BCUT2D eigenvalue weighted by molar-refractivity contribution is 1.10. The zero-order valence-corrected chi connectivity index (χ0v) is 12.4. The molecule has 3 rings (SSSR count). The van der Waals surface area contributed by atoms with Crippen molar-refractivity contribution < 1.29 is 0 Å². The van der Waals surface area contributed by atoms with Crippen LogP contribution in [-0.4, -0.2) is 15.0 Å². The highest BCUT2D eigenvalue weighted by molar-refractivity contribution is 6.35. The summed E-state index contributed by atoms with van der Waals surface area (Å²) in [4.78, 5) is 12.5. The van der Waals surface area contributed by atoms with Crippen LogP contribution in [0, 0.1) is 0 Å². The first-order valence-electron chi connectivity index (χ1n) is 6.18. The molecule has 2 aromatic heterocycles. The second-order valence-electron chi connectivity index (χ2n) is 4.42. The Morgan fingerprint density at radius 2 is 1.95 bits per heavy atom. The zero-order chi connectivity index (χ0) is 14.8. The van der Waals surface area contributed by atoms with Crippen molar-refractivity contribution >= 4 is 45.9 Å². The molecular formula is C14H11Cl2N5. The van der Waals surface area contributed by atoms with Gasteiger partial charge in [-0.05, 0) is 29.8 Å². The van der Waals surface area contributed by atoms with Gasteiger partial charge in [0.25, 0.3) is 0 Å². The fourth-order valence-electron chi connectivity index (χ4n) is 1.94. The molecule has 21 heavy (non-hydrogen) atoms. The van der Waals surface area contributed by atoms with E-state index >= 15 is 0 Å². The molecule has 0 aliphatic heterocycles. The van der Waals surface area contributed by atoms with Gasteiger partial charge in [-0.1, -0.05) is 29.3 Å². The molecule has 5 nitrogen and oxygen atoms in total. The van der Waals surface area contributed by atoms with E-state index in [1.807, 2.05) is 12.1 Å². The zero-order valence-electron chi connectivity index (χ0n) is 10.8. The number of rotatable bonds is 3. The summed E-state index contributed by atoms with van der Waals surface area (Å²) in [6.07, 6.45) is 1.45. The molecule has 0 saturated heterocycles. The van der Waals surface area contributed by atoms with Crippen LogP contribution in [0.4, 0.5) is 11.6 Å². The third-order valence-electron chi connectivity index (χ3n) is 2.98. The maximum atomic E-state index is 6.15. The van der Waals surface area contributed by atoms with Crippen LogP contribution in [0.3, 0.4) is 0 Å². The number of halogens is 2.